The SMILES string of the molecule is COc1cc(-n2cccc2)c(Cl)cc1C(=O)Nc1cc(Br)ccc1-n1cncn1. The number of hydrogen-bond donors (Lipinski definition) is 1. The van der Waals surface area contributed by atoms with Crippen molar-refractivity contribution in [2.75, 3.05) is 12.4 Å². The van der Waals surface area contributed by atoms with E-state index in [-0.39, 0.29) is 5.91 Å². The summed E-state index contributed by atoms with van der Waals surface area (Å²) in [6.07, 6.45) is 6.72. The lowest BCUT2D eigenvalue weighted by molar-refractivity contribution is 0.102. The number of carbonyl (C=O) groups excluding carboxylic acids is 1. The van der Waals surface area contributed by atoms with Crippen LogP contribution in [0.1, 0.15) is 10.4 Å². The van der Waals surface area contributed by atoms with E-state index in [0.29, 0.717) is 27.7 Å². The first-order chi connectivity index (χ1) is 14.1. The molecule has 0 fully saturated rings. The molecular weight excluding hydrogens is 458 g/mol. The molecule has 0 saturated heterocycles. The molecule has 1 N–H and O–H groups in total. The smallest absolute Gasteiger partial charge is 0.259 e. The molecule has 0 aliphatic heterocycles. The summed E-state index contributed by atoms with van der Waals surface area (Å²) in [5.74, 6) is 0.0511. The van der Waals surface area contributed by atoms with E-state index in [0.717, 1.165) is 10.2 Å². The predicted octanol–water partition coefficient (Wildman–Crippen LogP) is 4.73. The summed E-state index contributed by atoms with van der Waals surface area (Å²) in [7, 11) is 1.51. The molecule has 4 aromatic rings. The highest BCUT2D eigenvalue weighted by Gasteiger charge is 2.18. The molecule has 146 valence electrons. The first-order valence-corrected chi connectivity index (χ1v) is 9.70. The minimum absolute atomic E-state index is 0.318. The van der Waals surface area contributed by atoms with E-state index in [2.05, 4.69) is 31.3 Å². The zero-order valence-electron chi connectivity index (χ0n) is 15.2. The summed E-state index contributed by atoms with van der Waals surface area (Å²) in [6, 6.07) is 12.6. The van der Waals surface area contributed by atoms with Crippen LogP contribution in [0.4, 0.5) is 5.69 Å². The Hall–Kier alpha value is -3.10. The Morgan fingerprint density at radius 1 is 1.17 bits per heavy atom. The van der Waals surface area contributed by atoms with Gasteiger partial charge in [-0.15, -0.1) is 0 Å². The van der Waals surface area contributed by atoms with Crippen molar-refractivity contribution in [2.45, 2.75) is 0 Å². The zero-order valence-corrected chi connectivity index (χ0v) is 17.6. The molecule has 1 amide bonds. The van der Waals surface area contributed by atoms with Gasteiger partial charge >= 0.3 is 0 Å². The molecule has 0 aliphatic rings. The van der Waals surface area contributed by atoms with Crippen molar-refractivity contribution in [3.63, 3.8) is 0 Å². The number of ether oxygens (including phenoxy) is 1. The number of aromatic nitrogens is 4. The fraction of sp³-hybridized carbons (Fsp3) is 0.0500. The molecule has 0 bridgehead atoms. The monoisotopic (exact) mass is 471 g/mol. The number of halogens is 2. The van der Waals surface area contributed by atoms with Crippen molar-refractivity contribution in [1.82, 2.24) is 19.3 Å². The third kappa shape index (κ3) is 3.90. The summed E-state index contributed by atoms with van der Waals surface area (Å²) in [4.78, 5) is 17.0. The summed E-state index contributed by atoms with van der Waals surface area (Å²) in [5.41, 5.74) is 2.27. The fourth-order valence-electron chi connectivity index (χ4n) is 2.91. The van der Waals surface area contributed by atoms with Crippen LogP contribution in [0.5, 0.6) is 5.75 Å². The maximum absolute atomic E-state index is 13.1. The fourth-order valence-corrected chi connectivity index (χ4v) is 3.53. The van der Waals surface area contributed by atoms with Gasteiger partial charge in [0, 0.05) is 22.9 Å². The molecule has 2 heterocycles. The van der Waals surface area contributed by atoms with Gasteiger partial charge < -0.3 is 14.6 Å². The van der Waals surface area contributed by atoms with E-state index in [9.17, 15) is 4.79 Å². The van der Waals surface area contributed by atoms with E-state index in [1.807, 2.05) is 41.2 Å². The highest BCUT2D eigenvalue weighted by atomic mass is 79.9. The van der Waals surface area contributed by atoms with Gasteiger partial charge in [-0.3, -0.25) is 4.79 Å². The Morgan fingerprint density at radius 2 is 1.97 bits per heavy atom. The number of methoxy groups -OCH3 is 1. The first-order valence-electron chi connectivity index (χ1n) is 8.53. The van der Waals surface area contributed by atoms with Gasteiger partial charge in [-0.2, -0.15) is 5.10 Å². The number of hydrogen-bond acceptors (Lipinski definition) is 4. The van der Waals surface area contributed by atoms with Crippen LogP contribution >= 0.6 is 27.5 Å². The maximum Gasteiger partial charge on any atom is 0.259 e. The third-order valence-electron chi connectivity index (χ3n) is 4.27. The third-order valence-corrected chi connectivity index (χ3v) is 5.06. The van der Waals surface area contributed by atoms with Crippen LogP contribution in [-0.2, 0) is 0 Å². The molecule has 4 rings (SSSR count). The second-order valence-corrected chi connectivity index (χ2v) is 7.37. The van der Waals surface area contributed by atoms with E-state index in [4.69, 9.17) is 16.3 Å². The molecule has 0 spiro atoms. The van der Waals surface area contributed by atoms with Gasteiger partial charge in [0.05, 0.1) is 34.8 Å². The lowest BCUT2D eigenvalue weighted by atomic mass is 10.1. The van der Waals surface area contributed by atoms with Gasteiger partial charge in [0.1, 0.15) is 18.4 Å². The molecule has 0 unspecified atom stereocenters. The van der Waals surface area contributed by atoms with E-state index in [1.54, 1.807) is 29.2 Å². The molecule has 0 atom stereocenters. The van der Waals surface area contributed by atoms with Gasteiger partial charge in [-0.1, -0.05) is 27.5 Å². The molecule has 0 radical (unpaired) electrons. The number of nitrogens with one attached hydrogen (secondary N) is 1. The van der Waals surface area contributed by atoms with Crippen molar-refractivity contribution < 1.29 is 9.53 Å². The van der Waals surface area contributed by atoms with Crippen molar-refractivity contribution in [3.05, 3.63) is 82.6 Å². The highest BCUT2D eigenvalue weighted by Crippen LogP contribution is 2.31. The molecule has 29 heavy (non-hydrogen) atoms. The molecule has 7 nitrogen and oxygen atoms in total. The van der Waals surface area contributed by atoms with E-state index in [1.165, 1.54) is 13.4 Å². The first kappa shape index (κ1) is 19.2. The largest absolute Gasteiger partial charge is 0.496 e. The number of carbonyl (C=O) groups is 1. The van der Waals surface area contributed by atoms with Gasteiger partial charge in [-0.05, 0) is 36.4 Å². The lowest BCUT2D eigenvalue weighted by Crippen LogP contribution is -2.15. The highest BCUT2D eigenvalue weighted by molar-refractivity contribution is 9.10. The van der Waals surface area contributed by atoms with Crippen molar-refractivity contribution in [1.29, 1.82) is 0 Å². The summed E-state index contributed by atoms with van der Waals surface area (Å²) < 4.78 is 9.69. The maximum atomic E-state index is 13.1. The number of rotatable bonds is 5. The number of benzene rings is 2. The Bertz CT molecular complexity index is 1160. The molecule has 2 aromatic heterocycles. The van der Waals surface area contributed by atoms with Crippen molar-refractivity contribution in [2.24, 2.45) is 0 Å². The van der Waals surface area contributed by atoms with Crippen molar-refractivity contribution in [3.8, 4) is 17.1 Å². The molecular formula is C20H15BrClN5O2. The van der Waals surface area contributed by atoms with Gasteiger partial charge in [0.2, 0.25) is 0 Å². The van der Waals surface area contributed by atoms with Crippen LogP contribution in [0.15, 0.2) is 72.0 Å². The van der Waals surface area contributed by atoms with Crippen LogP contribution in [0, 0.1) is 0 Å². The lowest BCUT2D eigenvalue weighted by Gasteiger charge is -2.15. The quantitative estimate of drug-likeness (QED) is 0.455. The predicted molar refractivity (Wildman–Crippen MR) is 114 cm³/mol. The molecule has 2 aromatic carbocycles. The number of nitrogens with zero attached hydrogens (tertiary/aromatic N) is 4. The second kappa shape index (κ2) is 8.10. The number of amides is 1. The minimum atomic E-state index is -0.359. The average molecular weight is 473 g/mol. The standard InChI is InChI=1S/C20H15BrClN5O2/c1-29-19-10-18(26-6-2-3-7-26)15(22)9-14(19)20(28)25-16-8-13(21)4-5-17(16)27-12-23-11-24-27/h2-12H,1H3,(H,25,28). The second-order valence-electron chi connectivity index (χ2n) is 6.05. The van der Waals surface area contributed by atoms with Gasteiger partial charge in [-0.25, -0.2) is 9.67 Å². The van der Waals surface area contributed by atoms with Gasteiger partial charge in [0.15, 0.2) is 0 Å². The van der Waals surface area contributed by atoms with Crippen LogP contribution in [-0.4, -0.2) is 32.3 Å². The zero-order chi connectivity index (χ0) is 20.4. The Balaban J connectivity index is 1.71. The summed E-state index contributed by atoms with van der Waals surface area (Å²) >= 11 is 9.88. The molecule has 0 saturated carbocycles. The van der Waals surface area contributed by atoms with E-state index >= 15 is 0 Å². The Morgan fingerprint density at radius 3 is 2.66 bits per heavy atom. The summed E-state index contributed by atoms with van der Waals surface area (Å²) in [6.45, 7) is 0. The van der Waals surface area contributed by atoms with Gasteiger partial charge in [0.25, 0.3) is 5.91 Å². The van der Waals surface area contributed by atoms with Crippen LogP contribution in [0.3, 0.4) is 0 Å². The van der Waals surface area contributed by atoms with Crippen LogP contribution in [0.25, 0.3) is 11.4 Å². The average Bonchev–Trinajstić information content (AvgIpc) is 3.42. The Labute approximate surface area is 180 Å². The summed E-state index contributed by atoms with van der Waals surface area (Å²) in [5, 5.41) is 7.47. The normalized spacial score (nSPS) is 10.7. The van der Waals surface area contributed by atoms with Crippen LogP contribution in [0.2, 0.25) is 5.02 Å². The Kier molecular flexibility index (Phi) is 5.37. The molecule has 9 heteroatoms. The minimum Gasteiger partial charge on any atom is -0.496 e. The van der Waals surface area contributed by atoms with Crippen molar-refractivity contribution >= 4 is 39.1 Å². The topological polar surface area (TPSA) is 74.0 Å². The van der Waals surface area contributed by atoms with Crippen LogP contribution < -0.4 is 10.1 Å². The molecule has 0 aliphatic carbocycles. The van der Waals surface area contributed by atoms with E-state index < -0.39 is 0 Å². The number of anilines is 1.